The van der Waals surface area contributed by atoms with Crippen molar-refractivity contribution in [3.63, 3.8) is 0 Å². The Morgan fingerprint density at radius 1 is 1.15 bits per heavy atom. The minimum Gasteiger partial charge on any atom is -0.488 e. The van der Waals surface area contributed by atoms with Crippen molar-refractivity contribution in [1.82, 2.24) is 10.2 Å². The fourth-order valence-electron chi connectivity index (χ4n) is 3.31. The molecule has 0 bridgehead atoms. The number of benzene rings is 2. The van der Waals surface area contributed by atoms with Crippen molar-refractivity contribution in [3.8, 4) is 5.75 Å². The van der Waals surface area contributed by atoms with Crippen LogP contribution < -0.4 is 10.1 Å². The molecule has 1 saturated heterocycles. The number of nitrogens with zero attached hydrogens (tertiary/aromatic N) is 1. The second kappa shape index (κ2) is 8.81. The largest absolute Gasteiger partial charge is 0.488 e. The van der Waals surface area contributed by atoms with Crippen molar-refractivity contribution in [2.45, 2.75) is 19.4 Å². The summed E-state index contributed by atoms with van der Waals surface area (Å²) < 4.78 is 18.9. The maximum absolute atomic E-state index is 13.0. The van der Waals surface area contributed by atoms with Crippen molar-refractivity contribution in [3.05, 3.63) is 65.5 Å². The van der Waals surface area contributed by atoms with Crippen LogP contribution in [0.15, 0.2) is 48.5 Å². The SMILES string of the molecule is CNCC1CCN(C(=O)c2ccccc2OCc2ccc(F)cc2)CC1. The molecule has 0 saturated carbocycles. The molecule has 1 amide bonds. The highest BCUT2D eigenvalue weighted by Gasteiger charge is 2.25. The number of piperidine rings is 1. The Hall–Kier alpha value is -2.40. The quantitative estimate of drug-likeness (QED) is 0.862. The first kappa shape index (κ1) is 18.4. The molecular weight excluding hydrogens is 331 g/mol. The van der Waals surface area contributed by atoms with Crippen LogP contribution in [0, 0.1) is 11.7 Å². The molecule has 0 atom stereocenters. The van der Waals surface area contributed by atoms with Gasteiger partial charge in [-0.3, -0.25) is 4.79 Å². The van der Waals surface area contributed by atoms with E-state index in [9.17, 15) is 9.18 Å². The van der Waals surface area contributed by atoms with Gasteiger partial charge in [0, 0.05) is 13.1 Å². The molecule has 0 aliphatic carbocycles. The molecule has 5 heteroatoms. The van der Waals surface area contributed by atoms with Crippen LogP contribution >= 0.6 is 0 Å². The molecule has 4 nitrogen and oxygen atoms in total. The van der Waals surface area contributed by atoms with E-state index in [1.165, 1.54) is 12.1 Å². The Morgan fingerprint density at radius 3 is 2.54 bits per heavy atom. The van der Waals surface area contributed by atoms with Gasteiger partial charge in [0.05, 0.1) is 5.56 Å². The van der Waals surface area contributed by atoms with Gasteiger partial charge in [0.25, 0.3) is 5.91 Å². The minimum atomic E-state index is -0.272. The zero-order valence-corrected chi connectivity index (χ0v) is 15.1. The monoisotopic (exact) mass is 356 g/mol. The third kappa shape index (κ3) is 4.61. The summed E-state index contributed by atoms with van der Waals surface area (Å²) in [5, 5.41) is 3.21. The first-order chi connectivity index (χ1) is 12.7. The summed E-state index contributed by atoms with van der Waals surface area (Å²) in [5.74, 6) is 0.946. The lowest BCUT2D eigenvalue weighted by Gasteiger charge is -2.32. The van der Waals surface area contributed by atoms with E-state index < -0.39 is 0 Å². The number of carbonyl (C=O) groups is 1. The van der Waals surface area contributed by atoms with E-state index in [1.54, 1.807) is 12.1 Å². The number of ether oxygens (including phenoxy) is 1. The topological polar surface area (TPSA) is 41.6 Å². The molecule has 2 aromatic rings. The number of hydrogen-bond donors (Lipinski definition) is 1. The highest BCUT2D eigenvalue weighted by atomic mass is 19.1. The van der Waals surface area contributed by atoms with E-state index in [2.05, 4.69) is 5.32 Å². The fourth-order valence-corrected chi connectivity index (χ4v) is 3.31. The van der Waals surface area contributed by atoms with Gasteiger partial charge in [0.2, 0.25) is 0 Å². The Labute approximate surface area is 154 Å². The van der Waals surface area contributed by atoms with E-state index in [0.29, 0.717) is 23.8 Å². The van der Waals surface area contributed by atoms with E-state index in [-0.39, 0.29) is 11.7 Å². The van der Waals surface area contributed by atoms with E-state index in [4.69, 9.17) is 4.74 Å². The van der Waals surface area contributed by atoms with Gasteiger partial charge < -0.3 is 15.0 Å². The van der Waals surface area contributed by atoms with Gasteiger partial charge >= 0.3 is 0 Å². The highest BCUT2D eigenvalue weighted by Crippen LogP contribution is 2.24. The van der Waals surface area contributed by atoms with Crippen LogP contribution in [0.5, 0.6) is 5.75 Å². The van der Waals surface area contributed by atoms with Crippen LogP contribution in [0.3, 0.4) is 0 Å². The lowest BCUT2D eigenvalue weighted by Crippen LogP contribution is -2.40. The van der Waals surface area contributed by atoms with E-state index >= 15 is 0 Å². The molecule has 1 N–H and O–H groups in total. The Bertz CT molecular complexity index is 725. The maximum atomic E-state index is 13.0. The number of halogens is 1. The second-order valence-electron chi connectivity index (χ2n) is 6.70. The molecule has 3 rings (SSSR count). The summed E-state index contributed by atoms with van der Waals surface area (Å²) in [6.45, 7) is 2.85. The maximum Gasteiger partial charge on any atom is 0.257 e. The Kier molecular flexibility index (Phi) is 6.23. The van der Waals surface area contributed by atoms with Crippen LogP contribution in [-0.2, 0) is 6.61 Å². The average Bonchev–Trinajstić information content (AvgIpc) is 2.68. The Morgan fingerprint density at radius 2 is 1.85 bits per heavy atom. The van der Waals surface area contributed by atoms with Gasteiger partial charge in [0.1, 0.15) is 18.2 Å². The van der Waals surface area contributed by atoms with Crippen molar-refractivity contribution in [2.24, 2.45) is 5.92 Å². The predicted molar refractivity (Wildman–Crippen MR) is 99.7 cm³/mol. The van der Waals surface area contributed by atoms with Crippen molar-refractivity contribution in [1.29, 1.82) is 0 Å². The van der Waals surface area contributed by atoms with Gasteiger partial charge in [-0.25, -0.2) is 4.39 Å². The first-order valence-electron chi connectivity index (χ1n) is 9.07. The molecule has 0 radical (unpaired) electrons. The second-order valence-corrected chi connectivity index (χ2v) is 6.70. The zero-order chi connectivity index (χ0) is 18.4. The van der Waals surface area contributed by atoms with Gasteiger partial charge in [-0.15, -0.1) is 0 Å². The summed E-state index contributed by atoms with van der Waals surface area (Å²) in [5.41, 5.74) is 1.45. The third-order valence-corrected chi connectivity index (χ3v) is 4.82. The number of carbonyl (C=O) groups excluding carboxylic acids is 1. The molecule has 0 spiro atoms. The van der Waals surface area contributed by atoms with Crippen molar-refractivity contribution < 1.29 is 13.9 Å². The fraction of sp³-hybridized carbons (Fsp3) is 0.381. The summed E-state index contributed by atoms with van der Waals surface area (Å²) >= 11 is 0. The summed E-state index contributed by atoms with van der Waals surface area (Å²) in [6, 6.07) is 13.5. The number of amides is 1. The number of nitrogens with one attached hydrogen (secondary N) is 1. The third-order valence-electron chi connectivity index (χ3n) is 4.82. The number of likely N-dealkylation sites (tertiary alicyclic amines) is 1. The average molecular weight is 356 g/mol. The van der Waals surface area contributed by atoms with Gasteiger partial charge in [-0.05, 0) is 62.2 Å². The summed E-state index contributed by atoms with van der Waals surface area (Å²) in [7, 11) is 1.96. The number of rotatable bonds is 6. The van der Waals surface area contributed by atoms with Crippen LogP contribution in [0.1, 0.15) is 28.8 Å². The molecule has 1 heterocycles. The van der Waals surface area contributed by atoms with Crippen molar-refractivity contribution >= 4 is 5.91 Å². The minimum absolute atomic E-state index is 0.0163. The normalized spacial score (nSPS) is 15.1. The smallest absolute Gasteiger partial charge is 0.257 e. The van der Waals surface area contributed by atoms with Crippen LogP contribution in [-0.4, -0.2) is 37.5 Å². The molecular formula is C21H25FN2O2. The molecule has 2 aromatic carbocycles. The standard InChI is InChI=1S/C21H25FN2O2/c1-23-14-16-10-12-24(13-11-16)21(25)19-4-2-3-5-20(19)26-15-17-6-8-18(22)9-7-17/h2-9,16,23H,10-15H2,1H3. The van der Waals surface area contributed by atoms with E-state index in [1.807, 2.05) is 36.2 Å². The predicted octanol–water partition coefficient (Wildman–Crippen LogP) is 3.48. The highest BCUT2D eigenvalue weighted by molar-refractivity contribution is 5.97. The van der Waals surface area contributed by atoms with E-state index in [0.717, 1.165) is 38.0 Å². The molecule has 1 aliphatic rings. The lowest BCUT2D eigenvalue weighted by atomic mass is 9.96. The molecule has 0 unspecified atom stereocenters. The lowest BCUT2D eigenvalue weighted by molar-refractivity contribution is 0.0686. The molecule has 0 aromatic heterocycles. The van der Waals surface area contributed by atoms with Crippen molar-refractivity contribution in [2.75, 3.05) is 26.7 Å². The first-order valence-corrected chi connectivity index (χ1v) is 9.07. The molecule has 26 heavy (non-hydrogen) atoms. The molecule has 1 aliphatic heterocycles. The Balaban J connectivity index is 1.64. The summed E-state index contributed by atoms with van der Waals surface area (Å²) in [6.07, 6.45) is 2.04. The van der Waals surface area contributed by atoms with Gasteiger partial charge in [-0.2, -0.15) is 0 Å². The number of para-hydroxylation sites is 1. The van der Waals surface area contributed by atoms with Crippen LogP contribution in [0.25, 0.3) is 0 Å². The zero-order valence-electron chi connectivity index (χ0n) is 15.1. The number of hydrogen-bond acceptors (Lipinski definition) is 3. The van der Waals surface area contributed by atoms with Gasteiger partial charge in [0.15, 0.2) is 0 Å². The molecule has 138 valence electrons. The molecule has 1 fully saturated rings. The summed E-state index contributed by atoms with van der Waals surface area (Å²) in [4.78, 5) is 14.8. The van der Waals surface area contributed by atoms with Crippen LogP contribution in [0.2, 0.25) is 0 Å². The van der Waals surface area contributed by atoms with Crippen LogP contribution in [0.4, 0.5) is 4.39 Å². The van der Waals surface area contributed by atoms with Gasteiger partial charge in [-0.1, -0.05) is 24.3 Å².